The average molecular weight is 241 g/mol. The monoisotopic (exact) mass is 241 g/mol. The van der Waals surface area contributed by atoms with Gasteiger partial charge in [0.15, 0.2) is 0 Å². The van der Waals surface area contributed by atoms with Crippen LogP contribution in [0.15, 0.2) is 42.6 Å². The molecule has 2 rings (SSSR count). The van der Waals surface area contributed by atoms with Crippen molar-refractivity contribution in [2.24, 2.45) is 0 Å². The molecule has 90 valence electrons. The van der Waals surface area contributed by atoms with Crippen molar-refractivity contribution in [1.29, 1.82) is 5.26 Å². The van der Waals surface area contributed by atoms with E-state index in [1.54, 1.807) is 24.4 Å². The highest BCUT2D eigenvalue weighted by Gasteiger charge is 2.07. The standard InChI is InChI=1S/C14H12FN3/c1-10(12-3-2-4-13(15)8-12)18-14-7-11(9-16)5-6-17-14/h2-8,10H,1H3,(H,17,18). The van der Waals surface area contributed by atoms with Crippen LogP contribution in [0.25, 0.3) is 0 Å². The van der Waals surface area contributed by atoms with Crippen molar-refractivity contribution in [1.82, 2.24) is 4.98 Å². The predicted octanol–water partition coefficient (Wildman–Crippen LogP) is 3.27. The maximum atomic E-state index is 13.1. The zero-order valence-corrected chi connectivity index (χ0v) is 9.89. The lowest BCUT2D eigenvalue weighted by Crippen LogP contribution is -2.08. The molecule has 0 bridgehead atoms. The normalized spacial score (nSPS) is 11.6. The maximum absolute atomic E-state index is 13.1. The predicted molar refractivity (Wildman–Crippen MR) is 67.4 cm³/mol. The Morgan fingerprint density at radius 3 is 2.89 bits per heavy atom. The summed E-state index contributed by atoms with van der Waals surface area (Å²) in [5.41, 5.74) is 1.37. The molecular weight excluding hydrogens is 229 g/mol. The van der Waals surface area contributed by atoms with Gasteiger partial charge in [-0.2, -0.15) is 5.26 Å². The van der Waals surface area contributed by atoms with E-state index >= 15 is 0 Å². The van der Waals surface area contributed by atoms with Crippen LogP contribution in [0.2, 0.25) is 0 Å². The van der Waals surface area contributed by atoms with E-state index in [1.165, 1.54) is 12.1 Å². The number of pyridine rings is 1. The van der Waals surface area contributed by atoms with Crippen LogP contribution < -0.4 is 5.32 Å². The van der Waals surface area contributed by atoms with Crippen molar-refractivity contribution in [3.63, 3.8) is 0 Å². The Morgan fingerprint density at radius 2 is 2.17 bits per heavy atom. The fourth-order valence-corrected chi connectivity index (χ4v) is 1.66. The van der Waals surface area contributed by atoms with Crippen LogP contribution in [0.3, 0.4) is 0 Å². The third kappa shape index (κ3) is 2.83. The van der Waals surface area contributed by atoms with Crippen molar-refractivity contribution < 1.29 is 4.39 Å². The van der Waals surface area contributed by atoms with Gasteiger partial charge < -0.3 is 5.32 Å². The highest BCUT2D eigenvalue weighted by molar-refractivity contribution is 5.44. The summed E-state index contributed by atoms with van der Waals surface area (Å²) in [5, 5.41) is 11.9. The lowest BCUT2D eigenvalue weighted by molar-refractivity contribution is 0.623. The van der Waals surface area contributed by atoms with E-state index in [2.05, 4.69) is 10.3 Å². The summed E-state index contributed by atoms with van der Waals surface area (Å²) in [6.45, 7) is 1.91. The van der Waals surface area contributed by atoms with Gasteiger partial charge in [-0.05, 0) is 36.8 Å². The molecule has 1 aromatic heterocycles. The summed E-state index contributed by atoms with van der Waals surface area (Å²) < 4.78 is 13.1. The zero-order chi connectivity index (χ0) is 13.0. The number of nitrogens with one attached hydrogen (secondary N) is 1. The molecule has 4 heteroatoms. The first kappa shape index (κ1) is 12.1. The van der Waals surface area contributed by atoms with Crippen LogP contribution >= 0.6 is 0 Å². The van der Waals surface area contributed by atoms with Gasteiger partial charge in [-0.3, -0.25) is 0 Å². The fraction of sp³-hybridized carbons (Fsp3) is 0.143. The molecule has 0 spiro atoms. The van der Waals surface area contributed by atoms with E-state index in [4.69, 9.17) is 5.26 Å². The van der Waals surface area contributed by atoms with Gasteiger partial charge in [-0.1, -0.05) is 12.1 Å². The van der Waals surface area contributed by atoms with Gasteiger partial charge in [0.2, 0.25) is 0 Å². The minimum atomic E-state index is -0.264. The van der Waals surface area contributed by atoms with Crippen molar-refractivity contribution in [3.05, 3.63) is 59.5 Å². The second-order valence-electron chi connectivity index (χ2n) is 3.96. The number of anilines is 1. The van der Waals surface area contributed by atoms with Gasteiger partial charge in [-0.15, -0.1) is 0 Å². The van der Waals surface area contributed by atoms with Gasteiger partial charge >= 0.3 is 0 Å². The van der Waals surface area contributed by atoms with Crippen molar-refractivity contribution in [2.75, 3.05) is 5.32 Å². The van der Waals surface area contributed by atoms with E-state index in [0.29, 0.717) is 11.4 Å². The van der Waals surface area contributed by atoms with Gasteiger partial charge in [-0.25, -0.2) is 9.37 Å². The number of nitriles is 1. The third-order valence-corrected chi connectivity index (χ3v) is 2.60. The molecule has 0 fully saturated rings. The number of hydrogen-bond acceptors (Lipinski definition) is 3. The quantitative estimate of drug-likeness (QED) is 0.897. The molecule has 0 aliphatic carbocycles. The van der Waals surface area contributed by atoms with E-state index in [0.717, 1.165) is 5.56 Å². The topological polar surface area (TPSA) is 48.7 Å². The molecule has 1 N–H and O–H groups in total. The van der Waals surface area contributed by atoms with Gasteiger partial charge in [0.25, 0.3) is 0 Å². The molecule has 0 amide bonds. The summed E-state index contributed by atoms with van der Waals surface area (Å²) in [7, 11) is 0. The Balaban J connectivity index is 2.16. The molecule has 1 unspecified atom stereocenters. The van der Waals surface area contributed by atoms with Gasteiger partial charge in [0.05, 0.1) is 17.7 Å². The molecule has 0 radical (unpaired) electrons. The first-order chi connectivity index (χ1) is 8.69. The van der Waals surface area contributed by atoms with E-state index in [9.17, 15) is 4.39 Å². The highest BCUT2D eigenvalue weighted by Crippen LogP contribution is 2.18. The fourth-order valence-electron chi connectivity index (χ4n) is 1.66. The SMILES string of the molecule is CC(Nc1cc(C#N)ccn1)c1cccc(F)c1. The van der Waals surface area contributed by atoms with Crippen LogP contribution in [-0.2, 0) is 0 Å². The van der Waals surface area contributed by atoms with Gasteiger partial charge in [0, 0.05) is 6.20 Å². The summed E-state index contributed by atoms with van der Waals surface area (Å²) in [6.07, 6.45) is 1.57. The molecule has 2 aromatic rings. The molecular formula is C14H12FN3. The first-order valence-electron chi connectivity index (χ1n) is 5.57. The molecule has 1 atom stereocenters. The van der Waals surface area contributed by atoms with Crippen LogP contribution in [0, 0.1) is 17.1 Å². The number of aromatic nitrogens is 1. The Kier molecular flexibility index (Phi) is 3.54. The number of benzene rings is 1. The van der Waals surface area contributed by atoms with Crippen LogP contribution in [-0.4, -0.2) is 4.98 Å². The van der Waals surface area contributed by atoms with Crippen molar-refractivity contribution >= 4 is 5.82 Å². The molecule has 1 heterocycles. The summed E-state index contributed by atoms with van der Waals surface area (Å²) in [4.78, 5) is 4.12. The van der Waals surface area contributed by atoms with Gasteiger partial charge in [0.1, 0.15) is 11.6 Å². The maximum Gasteiger partial charge on any atom is 0.127 e. The zero-order valence-electron chi connectivity index (χ0n) is 9.89. The van der Waals surface area contributed by atoms with Crippen molar-refractivity contribution in [2.45, 2.75) is 13.0 Å². The lowest BCUT2D eigenvalue weighted by atomic mass is 10.1. The second-order valence-corrected chi connectivity index (χ2v) is 3.96. The minimum Gasteiger partial charge on any atom is -0.364 e. The molecule has 0 saturated carbocycles. The van der Waals surface area contributed by atoms with Crippen LogP contribution in [0.4, 0.5) is 10.2 Å². The molecule has 0 saturated heterocycles. The molecule has 1 aromatic carbocycles. The first-order valence-corrected chi connectivity index (χ1v) is 5.57. The molecule has 3 nitrogen and oxygen atoms in total. The molecule has 0 aliphatic heterocycles. The Labute approximate surface area is 105 Å². The number of nitrogens with zero attached hydrogens (tertiary/aromatic N) is 2. The number of hydrogen-bond donors (Lipinski definition) is 1. The third-order valence-electron chi connectivity index (χ3n) is 2.60. The summed E-state index contributed by atoms with van der Waals surface area (Å²) >= 11 is 0. The molecule has 18 heavy (non-hydrogen) atoms. The summed E-state index contributed by atoms with van der Waals surface area (Å²) in [6, 6.07) is 11.7. The second kappa shape index (κ2) is 5.28. The van der Waals surface area contributed by atoms with Crippen molar-refractivity contribution in [3.8, 4) is 6.07 Å². The summed E-state index contributed by atoms with van der Waals surface area (Å²) in [5.74, 6) is 0.339. The highest BCUT2D eigenvalue weighted by atomic mass is 19.1. The van der Waals surface area contributed by atoms with E-state index < -0.39 is 0 Å². The van der Waals surface area contributed by atoms with Crippen LogP contribution in [0.5, 0.6) is 0 Å². The van der Waals surface area contributed by atoms with Crippen LogP contribution in [0.1, 0.15) is 24.1 Å². The molecule has 0 aliphatic rings. The van der Waals surface area contributed by atoms with E-state index in [1.807, 2.05) is 19.1 Å². The Bertz CT molecular complexity index is 590. The average Bonchev–Trinajstić information content (AvgIpc) is 2.39. The number of rotatable bonds is 3. The lowest BCUT2D eigenvalue weighted by Gasteiger charge is -2.14. The smallest absolute Gasteiger partial charge is 0.127 e. The largest absolute Gasteiger partial charge is 0.364 e. The van der Waals surface area contributed by atoms with E-state index in [-0.39, 0.29) is 11.9 Å². The minimum absolute atomic E-state index is 0.0813. The number of halogens is 1. The Hall–Kier alpha value is -2.41. The Morgan fingerprint density at radius 1 is 1.33 bits per heavy atom.